The summed E-state index contributed by atoms with van der Waals surface area (Å²) < 4.78 is 16.6. The van der Waals surface area contributed by atoms with Crippen LogP contribution >= 0.6 is 0 Å². The van der Waals surface area contributed by atoms with Crippen molar-refractivity contribution in [1.29, 1.82) is 0 Å². The summed E-state index contributed by atoms with van der Waals surface area (Å²) in [6.45, 7) is 7.93. The van der Waals surface area contributed by atoms with Gasteiger partial charge in [0.1, 0.15) is 11.5 Å². The Bertz CT molecular complexity index is 952. The molecule has 2 aliphatic rings. The van der Waals surface area contributed by atoms with Crippen LogP contribution in [0.2, 0.25) is 0 Å². The van der Waals surface area contributed by atoms with Crippen LogP contribution in [0.3, 0.4) is 0 Å². The van der Waals surface area contributed by atoms with Crippen LogP contribution in [0.25, 0.3) is 11.4 Å². The van der Waals surface area contributed by atoms with Crippen LogP contribution < -0.4 is 10.6 Å². The van der Waals surface area contributed by atoms with E-state index in [1.54, 1.807) is 6.20 Å². The lowest BCUT2D eigenvalue weighted by Crippen LogP contribution is -2.42. The van der Waals surface area contributed by atoms with Gasteiger partial charge in [0, 0.05) is 24.0 Å². The highest BCUT2D eigenvalue weighted by Crippen LogP contribution is 2.28. The molecule has 0 aromatic carbocycles. The van der Waals surface area contributed by atoms with Crippen molar-refractivity contribution in [2.45, 2.75) is 71.0 Å². The number of amides is 1. The summed E-state index contributed by atoms with van der Waals surface area (Å²) in [5.41, 5.74) is 0.900. The number of nitrogens with zero attached hydrogens (tertiary/aromatic N) is 5. The minimum Gasteiger partial charge on any atom is -0.353 e. The lowest BCUT2D eigenvalue weighted by atomic mass is 9.96. The number of rotatable bonds is 6. The third-order valence-corrected chi connectivity index (χ3v) is 6.69. The van der Waals surface area contributed by atoms with Crippen molar-refractivity contribution >= 4 is 11.9 Å². The molecule has 2 unspecified atom stereocenters. The number of imidazole rings is 1. The first kappa shape index (κ1) is 22.6. The van der Waals surface area contributed by atoms with Gasteiger partial charge in [-0.25, -0.2) is 19.3 Å². The Kier molecular flexibility index (Phi) is 6.74. The number of halogens is 1. The fraction of sp³-hybridized carbons (Fsp3) is 0.652. The molecular weight excluding hydrogens is 409 g/mol. The molecular formula is C23H34FN7O. The van der Waals surface area contributed by atoms with Gasteiger partial charge in [0.25, 0.3) is 0 Å². The summed E-state index contributed by atoms with van der Waals surface area (Å²) in [5, 5.41) is 6.58. The standard InChI is InChI=1S/C23H34FN7O/c1-14(2)31-15(3)25-13-20(31)21-19(24)12-26-23(29-21)28-18-6-5-17(11-18)27-22(32)16-7-9-30(4)10-8-16/h12-14,16-18H,5-11H2,1-4H3,(H,27,32)(H,26,28,29). The molecule has 2 atom stereocenters. The largest absolute Gasteiger partial charge is 0.353 e. The fourth-order valence-corrected chi connectivity index (χ4v) is 4.91. The second-order valence-electron chi connectivity index (χ2n) is 9.48. The van der Waals surface area contributed by atoms with E-state index in [4.69, 9.17) is 0 Å². The van der Waals surface area contributed by atoms with E-state index in [-0.39, 0.29) is 35.6 Å². The SMILES string of the molecule is Cc1ncc(-c2nc(NC3CCC(NC(=O)C4CCN(C)CC4)C3)ncc2F)n1C(C)C. The Balaban J connectivity index is 1.38. The highest BCUT2D eigenvalue weighted by molar-refractivity contribution is 5.79. The molecule has 4 rings (SSSR count). The van der Waals surface area contributed by atoms with Crippen LogP contribution in [-0.2, 0) is 4.79 Å². The molecule has 1 amide bonds. The van der Waals surface area contributed by atoms with Crippen LogP contribution in [0, 0.1) is 18.7 Å². The molecule has 1 aliphatic carbocycles. The number of aromatic nitrogens is 4. The summed E-state index contributed by atoms with van der Waals surface area (Å²) in [5.74, 6) is 1.06. The Hall–Kier alpha value is -2.55. The lowest BCUT2D eigenvalue weighted by molar-refractivity contribution is -0.127. The van der Waals surface area contributed by atoms with Gasteiger partial charge >= 0.3 is 0 Å². The molecule has 174 valence electrons. The summed E-state index contributed by atoms with van der Waals surface area (Å²) >= 11 is 0. The molecule has 1 saturated heterocycles. The summed E-state index contributed by atoms with van der Waals surface area (Å²) in [7, 11) is 2.10. The molecule has 3 heterocycles. The van der Waals surface area contributed by atoms with E-state index >= 15 is 0 Å². The molecule has 2 aromatic heterocycles. The Morgan fingerprint density at radius 3 is 2.56 bits per heavy atom. The number of carbonyl (C=O) groups excluding carboxylic acids is 1. The van der Waals surface area contributed by atoms with Gasteiger partial charge in [-0.3, -0.25) is 4.79 Å². The number of anilines is 1. The molecule has 9 heteroatoms. The average molecular weight is 444 g/mol. The van der Waals surface area contributed by atoms with E-state index < -0.39 is 5.82 Å². The molecule has 2 aromatic rings. The predicted octanol–water partition coefficient (Wildman–Crippen LogP) is 3.16. The molecule has 8 nitrogen and oxygen atoms in total. The first-order valence-corrected chi connectivity index (χ1v) is 11.6. The van der Waals surface area contributed by atoms with E-state index in [0.29, 0.717) is 11.6 Å². The van der Waals surface area contributed by atoms with Gasteiger partial charge in [0.15, 0.2) is 5.82 Å². The number of hydrogen-bond donors (Lipinski definition) is 2. The van der Waals surface area contributed by atoms with Gasteiger partial charge < -0.3 is 20.1 Å². The monoisotopic (exact) mass is 443 g/mol. The number of likely N-dealkylation sites (tertiary alicyclic amines) is 1. The maximum atomic E-state index is 14.6. The van der Waals surface area contributed by atoms with Crippen molar-refractivity contribution in [1.82, 2.24) is 29.7 Å². The zero-order chi connectivity index (χ0) is 22.8. The first-order chi connectivity index (χ1) is 15.3. The Morgan fingerprint density at radius 2 is 1.84 bits per heavy atom. The van der Waals surface area contributed by atoms with Crippen molar-refractivity contribution in [3.63, 3.8) is 0 Å². The zero-order valence-electron chi connectivity index (χ0n) is 19.4. The number of hydrogen-bond acceptors (Lipinski definition) is 6. The molecule has 32 heavy (non-hydrogen) atoms. The van der Waals surface area contributed by atoms with Crippen LogP contribution in [0.15, 0.2) is 12.4 Å². The zero-order valence-corrected chi connectivity index (χ0v) is 19.4. The van der Waals surface area contributed by atoms with E-state index in [0.717, 1.165) is 51.0 Å². The smallest absolute Gasteiger partial charge is 0.223 e. The Morgan fingerprint density at radius 1 is 1.12 bits per heavy atom. The van der Waals surface area contributed by atoms with Gasteiger partial charge in [-0.2, -0.15) is 0 Å². The summed E-state index contributed by atoms with van der Waals surface area (Å²) in [6.07, 6.45) is 7.38. The number of nitrogens with one attached hydrogen (secondary N) is 2. The van der Waals surface area contributed by atoms with Gasteiger partial charge in [-0.15, -0.1) is 0 Å². The third-order valence-electron chi connectivity index (χ3n) is 6.69. The normalized spacial score (nSPS) is 22.4. The molecule has 1 aliphatic heterocycles. The molecule has 0 bridgehead atoms. The molecule has 1 saturated carbocycles. The second-order valence-corrected chi connectivity index (χ2v) is 9.48. The van der Waals surface area contributed by atoms with Crippen molar-refractivity contribution in [2.75, 3.05) is 25.5 Å². The summed E-state index contributed by atoms with van der Waals surface area (Å²) in [4.78, 5) is 27.9. The number of aryl methyl sites for hydroxylation is 1. The minimum atomic E-state index is -0.466. The third kappa shape index (κ3) is 4.92. The summed E-state index contributed by atoms with van der Waals surface area (Å²) in [6, 6.07) is 0.444. The number of piperidine rings is 1. The second kappa shape index (κ2) is 9.52. The van der Waals surface area contributed by atoms with Crippen molar-refractivity contribution in [2.24, 2.45) is 5.92 Å². The van der Waals surface area contributed by atoms with E-state index in [1.807, 2.05) is 25.3 Å². The maximum Gasteiger partial charge on any atom is 0.223 e. The van der Waals surface area contributed by atoms with Crippen molar-refractivity contribution in [3.8, 4) is 11.4 Å². The van der Waals surface area contributed by atoms with Crippen molar-refractivity contribution < 1.29 is 9.18 Å². The van der Waals surface area contributed by atoms with E-state index in [1.165, 1.54) is 6.20 Å². The molecule has 0 radical (unpaired) electrons. The highest BCUT2D eigenvalue weighted by atomic mass is 19.1. The van der Waals surface area contributed by atoms with Crippen molar-refractivity contribution in [3.05, 3.63) is 24.0 Å². The lowest BCUT2D eigenvalue weighted by Gasteiger charge is -2.29. The van der Waals surface area contributed by atoms with Gasteiger partial charge in [-0.05, 0) is 73.0 Å². The molecule has 2 N–H and O–H groups in total. The quantitative estimate of drug-likeness (QED) is 0.713. The first-order valence-electron chi connectivity index (χ1n) is 11.6. The topological polar surface area (TPSA) is 88.0 Å². The van der Waals surface area contributed by atoms with Crippen LogP contribution in [0.4, 0.5) is 10.3 Å². The van der Waals surface area contributed by atoms with Crippen LogP contribution in [0.5, 0.6) is 0 Å². The molecule has 2 fully saturated rings. The average Bonchev–Trinajstić information content (AvgIpc) is 3.36. The Labute approximate surface area is 189 Å². The van der Waals surface area contributed by atoms with Crippen LogP contribution in [-0.4, -0.2) is 62.5 Å². The minimum absolute atomic E-state index is 0.121. The fourth-order valence-electron chi connectivity index (χ4n) is 4.91. The highest BCUT2D eigenvalue weighted by Gasteiger charge is 2.30. The van der Waals surface area contributed by atoms with Gasteiger partial charge in [0.2, 0.25) is 11.9 Å². The van der Waals surface area contributed by atoms with Gasteiger partial charge in [-0.1, -0.05) is 0 Å². The van der Waals surface area contributed by atoms with E-state index in [2.05, 4.69) is 37.5 Å². The van der Waals surface area contributed by atoms with E-state index in [9.17, 15) is 9.18 Å². The van der Waals surface area contributed by atoms with Crippen LogP contribution in [0.1, 0.15) is 57.8 Å². The molecule has 0 spiro atoms. The predicted molar refractivity (Wildman–Crippen MR) is 122 cm³/mol. The maximum absolute atomic E-state index is 14.6. The number of carbonyl (C=O) groups is 1. The van der Waals surface area contributed by atoms with Gasteiger partial charge in [0.05, 0.1) is 18.1 Å².